The van der Waals surface area contributed by atoms with E-state index in [1.54, 1.807) is 6.07 Å². The van der Waals surface area contributed by atoms with Crippen molar-refractivity contribution in [2.75, 3.05) is 0 Å². The summed E-state index contributed by atoms with van der Waals surface area (Å²) in [6.07, 6.45) is 2.45. The lowest BCUT2D eigenvalue weighted by Gasteiger charge is -1.99. The van der Waals surface area contributed by atoms with Gasteiger partial charge in [-0.05, 0) is 35.9 Å². The van der Waals surface area contributed by atoms with Gasteiger partial charge >= 0.3 is 0 Å². The summed E-state index contributed by atoms with van der Waals surface area (Å²) in [6.45, 7) is 0. The second kappa shape index (κ2) is 6.28. The first kappa shape index (κ1) is 14.9. The summed E-state index contributed by atoms with van der Waals surface area (Å²) in [5.41, 5.74) is 0.100. The van der Waals surface area contributed by atoms with E-state index in [0.717, 1.165) is 6.08 Å². The Bertz CT molecular complexity index is 743. The van der Waals surface area contributed by atoms with E-state index in [1.807, 2.05) is 0 Å². The molecule has 0 radical (unpaired) electrons. The Morgan fingerprint density at radius 1 is 1.24 bits per heavy atom. The number of carbonyl (C=O) groups excluding carboxylic acids is 1. The summed E-state index contributed by atoms with van der Waals surface area (Å²) in [4.78, 5) is 22.0. The van der Waals surface area contributed by atoms with Crippen molar-refractivity contribution in [2.45, 2.75) is 0 Å². The highest BCUT2D eigenvalue weighted by atomic mass is 35.5. The molecule has 0 saturated carbocycles. The normalized spacial score (nSPS) is 10.8. The van der Waals surface area contributed by atoms with Gasteiger partial charge in [-0.2, -0.15) is 0 Å². The highest BCUT2D eigenvalue weighted by Gasteiger charge is 2.10. The van der Waals surface area contributed by atoms with Crippen molar-refractivity contribution in [2.24, 2.45) is 0 Å². The summed E-state index contributed by atoms with van der Waals surface area (Å²) in [7, 11) is 0. The Morgan fingerprint density at radius 2 is 1.95 bits per heavy atom. The lowest BCUT2D eigenvalue weighted by molar-refractivity contribution is -0.384. The number of nitrogens with zero attached hydrogens (tertiary/aromatic N) is 1. The molecule has 4 nitrogen and oxygen atoms in total. The monoisotopic (exact) mass is 305 g/mol. The molecular weight excluding hydrogens is 297 g/mol. The van der Waals surface area contributed by atoms with Crippen LogP contribution in [0.2, 0.25) is 5.02 Å². The Balaban J connectivity index is 2.29. The molecule has 2 aromatic carbocycles. The van der Waals surface area contributed by atoms with Crippen LogP contribution in [0.4, 0.5) is 10.1 Å². The van der Waals surface area contributed by atoms with Crippen molar-refractivity contribution in [1.82, 2.24) is 0 Å². The molecule has 106 valence electrons. The van der Waals surface area contributed by atoms with Crippen LogP contribution in [0.3, 0.4) is 0 Å². The number of non-ortho nitro benzene ring substituents is 1. The van der Waals surface area contributed by atoms with Crippen LogP contribution in [0.25, 0.3) is 6.08 Å². The molecule has 21 heavy (non-hydrogen) atoms. The van der Waals surface area contributed by atoms with Crippen molar-refractivity contribution >= 4 is 29.1 Å². The third-order valence-corrected chi connectivity index (χ3v) is 3.09. The maximum atomic E-state index is 13.4. The van der Waals surface area contributed by atoms with Gasteiger partial charge in [0.15, 0.2) is 5.78 Å². The number of benzene rings is 2. The van der Waals surface area contributed by atoms with Crippen LogP contribution in [0.15, 0.2) is 48.5 Å². The second-order valence-corrected chi connectivity index (χ2v) is 4.55. The van der Waals surface area contributed by atoms with E-state index in [4.69, 9.17) is 11.6 Å². The number of hydrogen-bond donors (Lipinski definition) is 0. The molecule has 6 heteroatoms. The zero-order chi connectivity index (χ0) is 15.4. The van der Waals surface area contributed by atoms with Crippen molar-refractivity contribution in [3.63, 3.8) is 0 Å². The summed E-state index contributed by atoms with van der Waals surface area (Å²) < 4.78 is 13.4. The van der Waals surface area contributed by atoms with Gasteiger partial charge in [0, 0.05) is 17.2 Å². The van der Waals surface area contributed by atoms with Gasteiger partial charge in [0.1, 0.15) is 5.82 Å². The predicted molar refractivity (Wildman–Crippen MR) is 77.9 cm³/mol. The third kappa shape index (κ3) is 3.52. The van der Waals surface area contributed by atoms with E-state index in [-0.39, 0.29) is 16.3 Å². The molecule has 2 rings (SSSR count). The molecule has 0 spiro atoms. The zero-order valence-electron chi connectivity index (χ0n) is 10.6. The highest BCUT2D eigenvalue weighted by Crippen LogP contribution is 2.23. The van der Waals surface area contributed by atoms with E-state index >= 15 is 0 Å². The topological polar surface area (TPSA) is 60.2 Å². The third-order valence-electron chi connectivity index (χ3n) is 2.74. The van der Waals surface area contributed by atoms with Gasteiger partial charge in [-0.15, -0.1) is 0 Å². The quantitative estimate of drug-likeness (QED) is 0.366. The fraction of sp³-hybridized carbons (Fsp3) is 0. The minimum Gasteiger partial charge on any atom is -0.289 e. The number of hydrogen-bond acceptors (Lipinski definition) is 3. The van der Waals surface area contributed by atoms with Crippen molar-refractivity contribution < 1.29 is 14.1 Å². The van der Waals surface area contributed by atoms with Crippen molar-refractivity contribution in [3.8, 4) is 0 Å². The molecule has 0 saturated heterocycles. The number of nitro benzene ring substituents is 1. The van der Waals surface area contributed by atoms with Crippen LogP contribution in [0, 0.1) is 15.9 Å². The molecule has 0 aliphatic carbocycles. The van der Waals surface area contributed by atoms with Crippen molar-refractivity contribution in [1.29, 1.82) is 0 Å². The molecule has 0 aliphatic heterocycles. The SMILES string of the molecule is O=C(/C=C/c1cc([N+](=O)[O-])ccc1Cl)c1ccccc1F. The molecule has 0 aliphatic rings. The molecule has 0 heterocycles. The van der Waals surface area contributed by atoms with Gasteiger partial charge < -0.3 is 0 Å². The average molecular weight is 306 g/mol. The standard InChI is InChI=1S/C15H9ClFNO3/c16-13-7-6-11(18(20)21)9-10(13)5-8-15(19)12-3-1-2-4-14(12)17/h1-9H/b8-5+. The van der Waals surface area contributed by atoms with E-state index in [9.17, 15) is 19.3 Å². The van der Waals surface area contributed by atoms with Crippen LogP contribution in [0.1, 0.15) is 15.9 Å². The molecule has 2 aromatic rings. The first-order valence-corrected chi connectivity index (χ1v) is 6.27. The van der Waals surface area contributed by atoms with Gasteiger partial charge in [0.05, 0.1) is 10.5 Å². The number of carbonyl (C=O) groups is 1. The number of ketones is 1. The number of nitro groups is 1. The lowest BCUT2D eigenvalue weighted by Crippen LogP contribution is -1.97. The van der Waals surface area contributed by atoms with Gasteiger partial charge in [0.2, 0.25) is 0 Å². The molecular formula is C15H9ClFNO3. The van der Waals surface area contributed by atoms with Crippen LogP contribution in [-0.2, 0) is 0 Å². The second-order valence-electron chi connectivity index (χ2n) is 4.14. The van der Waals surface area contributed by atoms with E-state index in [2.05, 4.69) is 0 Å². The Hall–Kier alpha value is -2.53. The Labute approximate surface area is 124 Å². The van der Waals surface area contributed by atoms with E-state index in [1.165, 1.54) is 42.5 Å². The van der Waals surface area contributed by atoms with E-state index in [0.29, 0.717) is 5.56 Å². The fourth-order valence-corrected chi connectivity index (χ4v) is 1.87. The molecule has 0 unspecified atom stereocenters. The minimum absolute atomic E-state index is 0.0738. The predicted octanol–water partition coefficient (Wildman–Crippen LogP) is 4.28. The maximum Gasteiger partial charge on any atom is 0.270 e. The van der Waals surface area contributed by atoms with E-state index < -0.39 is 16.5 Å². The van der Waals surface area contributed by atoms with Crippen LogP contribution in [-0.4, -0.2) is 10.7 Å². The average Bonchev–Trinajstić information content (AvgIpc) is 2.46. The van der Waals surface area contributed by atoms with Crippen molar-refractivity contribution in [3.05, 3.63) is 80.6 Å². The fourth-order valence-electron chi connectivity index (χ4n) is 1.69. The molecule has 0 aromatic heterocycles. The Kier molecular flexibility index (Phi) is 4.45. The van der Waals surface area contributed by atoms with Crippen LogP contribution >= 0.6 is 11.6 Å². The van der Waals surface area contributed by atoms with Gasteiger partial charge in [-0.1, -0.05) is 23.7 Å². The van der Waals surface area contributed by atoms with Crippen LogP contribution < -0.4 is 0 Å². The summed E-state index contributed by atoms with van der Waals surface area (Å²) in [5.74, 6) is -1.17. The van der Waals surface area contributed by atoms with Gasteiger partial charge in [0.25, 0.3) is 5.69 Å². The highest BCUT2D eigenvalue weighted by molar-refractivity contribution is 6.32. The summed E-state index contributed by atoms with van der Waals surface area (Å²) in [5, 5.41) is 11.0. The minimum atomic E-state index is -0.628. The largest absolute Gasteiger partial charge is 0.289 e. The van der Waals surface area contributed by atoms with Gasteiger partial charge in [-0.3, -0.25) is 14.9 Å². The maximum absolute atomic E-state index is 13.4. The summed E-state index contributed by atoms with van der Waals surface area (Å²) in [6, 6.07) is 9.44. The lowest BCUT2D eigenvalue weighted by atomic mass is 10.1. The number of allylic oxidation sites excluding steroid dienone is 1. The first-order valence-electron chi connectivity index (χ1n) is 5.90. The van der Waals surface area contributed by atoms with Crippen LogP contribution in [0.5, 0.6) is 0 Å². The number of halogens is 2. The molecule has 0 atom stereocenters. The number of rotatable bonds is 4. The zero-order valence-corrected chi connectivity index (χ0v) is 11.4. The first-order chi connectivity index (χ1) is 9.99. The molecule has 0 fully saturated rings. The smallest absolute Gasteiger partial charge is 0.270 e. The molecule has 0 N–H and O–H groups in total. The van der Waals surface area contributed by atoms with Gasteiger partial charge in [-0.25, -0.2) is 4.39 Å². The summed E-state index contributed by atoms with van der Waals surface area (Å²) >= 11 is 5.90. The Morgan fingerprint density at radius 3 is 2.62 bits per heavy atom. The molecule has 0 amide bonds. The molecule has 0 bridgehead atoms.